The van der Waals surface area contributed by atoms with E-state index in [4.69, 9.17) is 54.0 Å². The molecule has 2 aliphatic heterocycles. The Kier molecular flexibility index (Phi) is 6.30. The Labute approximate surface area is 179 Å². The number of rotatable bonds is 4. The molecule has 0 bridgehead atoms. The van der Waals surface area contributed by atoms with E-state index in [1.54, 1.807) is 0 Å². The zero-order valence-corrected chi connectivity index (χ0v) is 20.2. The van der Waals surface area contributed by atoms with Crippen molar-refractivity contribution in [3.8, 4) is 0 Å². The minimum Gasteiger partial charge on any atom is -0.236 e. The van der Waals surface area contributed by atoms with Gasteiger partial charge in [0, 0.05) is 26.2 Å². The summed E-state index contributed by atoms with van der Waals surface area (Å²) in [5, 5.41) is 0. The van der Waals surface area contributed by atoms with Crippen molar-refractivity contribution in [2.75, 3.05) is 26.2 Å². The van der Waals surface area contributed by atoms with Crippen LogP contribution in [0.3, 0.4) is 0 Å². The molecule has 0 saturated carbocycles. The third-order valence-electron chi connectivity index (χ3n) is 4.73. The van der Waals surface area contributed by atoms with Gasteiger partial charge >= 0.3 is 0 Å². The summed E-state index contributed by atoms with van der Waals surface area (Å²) in [6, 6.07) is 0. The molecule has 148 valence electrons. The zero-order valence-electron chi connectivity index (χ0n) is 14.5. The molecule has 4 aliphatic rings. The van der Waals surface area contributed by atoms with Gasteiger partial charge in [-0.1, -0.05) is 47.6 Å². The molecule has 0 N–H and O–H groups in total. The van der Waals surface area contributed by atoms with E-state index < -0.39 is 19.3 Å². The van der Waals surface area contributed by atoms with E-state index in [1.165, 1.54) is 11.1 Å². The molecule has 1 saturated heterocycles. The van der Waals surface area contributed by atoms with E-state index in [2.05, 4.69) is 50.3 Å². The molecule has 27 heavy (non-hydrogen) atoms. The van der Waals surface area contributed by atoms with Gasteiger partial charge in [0.15, 0.2) is 0 Å². The highest BCUT2D eigenvalue weighted by atomic mass is 35.9. The van der Waals surface area contributed by atoms with Gasteiger partial charge in [-0.05, 0) is 64.2 Å². The summed E-state index contributed by atoms with van der Waals surface area (Å²) in [5.41, 5.74) is 2.65. The number of halogens is 4. The van der Waals surface area contributed by atoms with Crippen LogP contribution in [0.15, 0.2) is 61.1 Å². The topological polar surface area (TPSA) is 43.6 Å². The van der Waals surface area contributed by atoms with Crippen molar-refractivity contribution >= 4 is 64.3 Å². The Morgan fingerprint density at radius 1 is 0.778 bits per heavy atom. The highest BCUT2D eigenvalue weighted by Gasteiger charge is 2.44. The molecule has 2 heterocycles. The van der Waals surface area contributed by atoms with Gasteiger partial charge in [-0.25, -0.2) is 9.34 Å². The number of nitrogens with zero attached hydrogens (tertiary/aromatic N) is 5. The maximum Gasteiger partial charge on any atom is 0.257 e. The Morgan fingerprint density at radius 2 is 1.30 bits per heavy atom. The third-order valence-corrected chi connectivity index (χ3v) is 17.2. The average molecular weight is 505 g/mol. The van der Waals surface area contributed by atoms with E-state index in [0.717, 1.165) is 45.4 Å². The summed E-state index contributed by atoms with van der Waals surface area (Å²) in [5.74, 6) is -5.95. The first-order valence-electron chi connectivity index (χ1n) is 8.68. The lowest BCUT2D eigenvalue weighted by molar-refractivity contribution is 0.334. The number of allylic oxidation sites excluding steroid dienone is 6. The molecule has 0 aromatic heterocycles. The predicted octanol–water partition coefficient (Wildman–Crippen LogP) is 8.57. The van der Waals surface area contributed by atoms with Crippen molar-refractivity contribution in [3.63, 3.8) is 0 Å². The first kappa shape index (κ1) is 21.0. The fourth-order valence-corrected chi connectivity index (χ4v) is 20.1. The molecule has 12 heteroatoms. The first-order chi connectivity index (χ1) is 12.8. The lowest BCUT2D eigenvalue weighted by Crippen LogP contribution is -2.40. The number of hydrogen-bond donors (Lipinski definition) is 0. The first-order valence-corrected chi connectivity index (χ1v) is 17.3. The summed E-state index contributed by atoms with van der Waals surface area (Å²) in [7, 11) is -2.60. The highest BCUT2D eigenvalue weighted by Crippen LogP contribution is 2.86. The van der Waals surface area contributed by atoms with E-state index in [-0.39, 0.29) is 0 Å². The van der Waals surface area contributed by atoms with Crippen LogP contribution in [0.1, 0.15) is 19.3 Å². The Morgan fingerprint density at radius 3 is 1.74 bits per heavy atom. The van der Waals surface area contributed by atoms with Crippen molar-refractivity contribution in [1.29, 1.82) is 0 Å². The molecule has 1 fully saturated rings. The van der Waals surface area contributed by atoms with Crippen molar-refractivity contribution in [2.45, 2.75) is 19.3 Å². The molecule has 4 rings (SSSR count). The standard InChI is InChI=1S/C15H20Cl4N5P3/c16-25(17)20-26(18,19)22-27(21-25)23(12-14-6-1-2-7-14)10-5-11-24(27)13-15-8-3-4-9-15/h1-4,6,8H,5,7,9-13H2. The molecule has 5 nitrogen and oxygen atoms in total. The molecule has 0 atom stereocenters. The normalized spacial score (nSPS) is 28.4. The van der Waals surface area contributed by atoms with Crippen LogP contribution < -0.4 is 0 Å². The van der Waals surface area contributed by atoms with Gasteiger partial charge in [0.05, 0.1) is 0 Å². The lowest BCUT2D eigenvalue weighted by Gasteiger charge is -2.46. The van der Waals surface area contributed by atoms with Crippen LogP contribution in [0, 0.1) is 0 Å². The second kappa shape index (κ2) is 8.10. The summed E-state index contributed by atoms with van der Waals surface area (Å²) in [6.45, 7) is 3.27. The van der Waals surface area contributed by atoms with Crippen LogP contribution in [0.2, 0.25) is 0 Å². The third kappa shape index (κ3) is 4.74. The van der Waals surface area contributed by atoms with Gasteiger partial charge in [-0.2, -0.15) is 13.5 Å². The maximum absolute atomic E-state index is 6.51. The van der Waals surface area contributed by atoms with E-state index in [1.807, 2.05) is 0 Å². The van der Waals surface area contributed by atoms with Crippen molar-refractivity contribution < 1.29 is 0 Å². The molecule has 1 spiro atoms. The average Bonchev–Trinajstić information content (AvgIpc) is 3.22. The highest BCUT2D eigenvalue weighted by molar-refractivity contribution is 8.20. The van der Waals surface area contributed by atoms with Crippen molar-refractivity contribution in [2.24, 2.45) is 13.5 Å². The molecule has 0 radical (unpaired) electrons. The fourth-order valence-electron chi connectivity index (χ4n) is 3.62. The SMILES string of the molecule is ClP1(Cl)=NP(Cl)(Cl)=NP2(=N1)N(CC1=CC=CC1)CCCN2CC1=CC=CC1. The van der Waals surface area contributed by atoms with Crippen LogP contribution >= 0.6 is 64.3 Å². The lowest BCUT2D eigenvalue weighted by atomic mass is 10.2. The van der Waals surface area contributed by atoms with Gasteiger partial charge in [-0.15, -0.1) is 0 Å². The second-order valence-electron chi connectivity index (χ2n) is 6.76. The van der Waals surface area contributed by atoms with Crippen LogP contribution in [0.25, 0.3) is 0 Å². The van der Waals surface area contributed by atoms with Crippen LogP contribution in [-0.2, 0) is 0 Å². The summed E-state index contributed by atoms with van der Waals surface area (Å²) >= 11 is 26.0. The van der Waals surface area contributed by atoms with Gasteiger partial charge in [-0.3, -0.25) is 0 Å². The Hall–Kier alpha value is 0.730. The molecule has 0 aromatic carbocycles. The maximum atomic E-state index is 6.51. The Bertz CT molecular complexity index is 872. The fraction of sp³-hybridized carbons (Fsp3) is 0.467. The van der Waals surface area contributed by atoms with Crippen molar-refractivity contribution in [1.82, 2.24) is 9.34 Å². The molecule has 0 amide bonds. The van der Waals surface area contributed by atoms with Crippen LogP contribution in [-0.4, -0.2) is 35.5 Å². The molecular formula is C15H20Cl4N5P3. The van der Waals surface area contributed by atoms with Gasteiger partial charge in [0.1, 0.15) is 0 Å². The van der Waals surface area contributed by atoms with E-state index in [0.29, 0.717) is 0 Å². The summed E-state index contributed by atoms with van der Waals surface area (Å²) in [4.78, 5) is 0. The van der Waals surface area contributed by atoms with Crippen LogP contribution in [0.4, 0.5) is 0 Å². The van der Waals surface area contributed by atoms with E-state index in [9.17, 15) is 0 Å². The molecule has 0 unspecified atom stereocenters. The quantitative estimate of drug-likeness (QED) is 0.360. The van der Waals surface area contributed by atoms with Gasteiger partial charge in [0.25, 0.3) is 11.8 Å². The van der Waals surface area contributed by atoms with Crippen LogP contribution in [0.5, 0.6) is 0 Å². The second-order valence-corrected chi connectivity index (χ2v) is 19.6. The predicted molar refractivity (Wildman–Crippen MR) is 123 cm³/mol. The summed E-state index contributed by atoms with van der Waals surface area (Å²) in [6.07, 6.45) is 15.7. The largest absolute Gasteiger partial charge is 0.257 e. The number of hydrogen-bond acceptors (Lipinski definition) is 5. The zero-order chi connectivity index (χ0) is 19.1. The molecule has 2 aliphatic carbocycles. The molecule has 0 aromatic rings. The van der Waals surface area contributed by atoms with Crippen molar-refractivity contribution in [3.05, 3.63) is 47.6 Å². The summed E-state index contributed by atoms with van der Waals surface area (Å²) < 4.78 is 18.6. The minimum atomic E-state index is -2.97. The molecular weight excluding hydrogens is 485 g/mol. The minimum absolute atomic E-state index is 0.767. The smallest absolute Gasteiger partial charge is 0.236 e. The van der Waals surface area contributed by atoms with Gasteiger partial charge < -0.3 is 0 Å². The Balaban J connectivity index is 1.78. The van der Waals surface area contributed by atoms with E-state index >= 15 is 0 Å². The monoisotopic (exact) mass is 503 g/mol. The van der Waals surface area contributed by atoms with Gasteiger partial charge in [0.2, 0.25) is 7.51 Å².